The summed E-state index contributed by atoms with van der Waals surface area (Å²) in [6.07, 6.45) is 0.729. The monoisotopic (exact) mass is 281 g/mol. The lowest BCUT2D eigenvalue weighted by Crippen LogP contribution is -2.37. The van der Waals surface area contributed by atoms with Crippen LogP contribution in [0.2, 0.25) is 0 Å². The minimum Gasteiger partial charge on any atom is -0.496 e. The average Bonchev–Trinajstić information content (AvgIpc) is 2.94. The van der Waals surface area contributed by atoms with E-state index in [4.69, 9.17) is 9.15 Å². The van der Waals surface area contributed by atoms with E-state index in [1.807, 2.05) is 11.4 Å². The summed E-state index contributed by atoms with van der Waals surface area (Å²) < 4.78 is 10.8. The third kappa shape index (κ3) is 4.04. The van der Waals surface area contributed by atoms with Crippen molar-refractivity contribution >= 4 is 11.3 Å². The molecule has 0 fully saturated rings. The summed E-state index contributed by atoms with van der Waals surface area (Å²) in [4.78, 5) is 0.930. The molecule has 0 aliphatic heterocycles. The molecule has 0 amide bonds. The van der Waals surface area contributed by atoms with E-state index < -0.39 is 0 Å². The summed E-state index contributed by atoms with van der Waals surface area (Å²) in [5.74, 6) is 2.02. The minimum absolute atomic E-state index is 0.101. The normalized spacial score (nSPS) is 11.8. The highest BCUT2D eigenvalue weighted by Gasteiger charge is 2.13. The van der Waals surface area contributed by atoms with E-state index in [1.54, 1.807) is 7.11 Å². The van der Waals surface area contributed by atoms with E-state index in [2.05, 4.69) is 36.3 Å². The molecule has 6 heteroatoms. The first-order valence-electron chi connectivity index (χ1n) is 6.18. The van der Waals surface area contributed by atoms with Gasteiger partial charge in [-0.1, -0.05) is 0 Å². The van der Waals surface area contributed by atoms with Crippen molar-refractivity contribution in [3.63, 3.8) is 0 Å². The molecule has 1 N–H and O–H groups in total. The van der Waals surface area contributed by atoms with Crippen molar-refractivity contribution < 1.29 is 9.15 Å². The first-order valence-corrected chi connectivity index (χ1v) is 7.06. The summed E-state index contributed by atoms with van der Waals surface area (Å²) >= 11 is 1.53. The number of hydrogen-bond donors (Lipinski definition) is 1. The Morgan fingerprint density at radius 2 is 2.16 bits per heavy atom. The van der Waals surface area contributed by atoms with Crippen LogP contribution in [-0.4, -0.2) is 29.4 Å². The second kappa shape index (κ2) is 5.71. The molecule has 0 bridgehead atoms. The van der Waals surface area contributed by atoms with Gasteiger partial charge in [0.2, 0.25) is 5.89 Å². The van der Waals surface area contributed by atoms with E-state index in [0.717, 1.165) is 23.6 Å². The second-order valence-corrected chi connectivity index (χ2v) is 6.19. The molecule has 2 heterocycles. The van der Waals surface area contributed by atoms with Crippen LogP contribution in [0.25, 0.3) is 10.8 Å². The second-order valence-electron chi connectivity index (χ2n) is 5.28. The van der Waals surface area contributed by atoms with Crippen molar-refractivity contribution in [2.24, 2.45) is 0 Å². The summed E-state index contributed by atoms with van der Waals surface area (Å²) in [6, 6.07) is 1.90. The van der Waals surface area contributed by atoms with Gasteiger partial charge in [-0.15, -0.1) is 21.5 Å². The van der Waals surface area contributed by atoms with Crippen molar-refractivity contribution in [3.8, 4) is 16.5 Å². The molecule has 0 saturated carbocycles. The van der Waals surface area contributed by atoms with Gasteiger partial charge in [-0.3, -0.25) is 0 Å². The van der Waals surface area contributed by atoms with Crippen molar-refractivity contribution in [1.29, 1.82) is 0 Å². The zero-order chi connectivity index (χ0) is 13.9. The van der Waals surface area contributed by atoms with Gasteiger partial charge in [0.25, 0.3) is 5.89 Å². The standard InChI is InChI=1S/C13H19N3O2S/c1-13(2,3)14-6-5-11-15-16-12(18-11)10-7-9(17-4)8-19-10/h7-8,14H,5-6H2,1-4H3. The van der Waals surface area contributed by atoms with E-state index in [-0.39, 0.29) is 5.54 Å². The molecule has 0 atom stereocenters. The fourth-order valence-corrected chi connectivity index (χ4v) is 2.31. The van der Waals surface area contributed by atoms with Crippen LogP contribution in [0.15, 0.2) is 15.9 Å². The fraction of sp³-hybridized carbons (Fsp3) is 0.538. The molecule has 0 aliphatic carbocycles. The summed E-state index contributed by atoms with van der Waals surface area (Å²) in [5.41, 5.74) is 0.101. The Morgan fingerprint density at radius 1 is 1.37 bits per heavy atom. The summed E-state index contributed by atoms with van der Waals surface area (Å²) in [6.45, 7) is 7.21. The van der Waals surface area contributed by atoms with Crippen LogP contribution in [0.1, 0.15) is 26.7 Å². The van der Waals surface area contributed by atoms with Gasteiger partial charge in [-0.05, 0) is 20.8 Å². The van der Waals surface area contributed by atoms with Gasteiger partial charge < -0.3 is 14.5 Å². The van der Waals surface area contributed by atoms with Gasteiger partial charge in [0, 0.05) is 30.0 Å². The summed E-state index contributed by atoms with van der Waals surface area (Å²) in [7, 11) is 1.64. The lowest BCUT2D eigenvalue weighted by atomic mass is 10.1. The summed E-state index contributed by atoms with van der Waals surface area (Å²) in [5, 5.41) is 13.4. The van der Waals surface area contributed by atoms with Gasteiger partial charge in [0.1, 0.15) is 5.75 Å². The van der Waals surface area contributed by atoms with E-state index >= 15 is 0 Å². The molecule has 0 aliphatic rings. The molecule has 0 saturated heterocycles. The molecule has 0 radical (unpaired) electrons. The fourth-order valence-electron chi connectivity index (χ4n) is 1.54. The van der Waals surface area contributed by atoms with Crippen LogP contribution < -0.4 is 10.1 Å². The largest absolute Gasteiger partial charge is 0.496 e. The molecule has 0 spiro atoms. The molecule has 0 aromatic carbocycles. The zero-order valence-corrected chi connectivity index (χ0v) is 12.5. The number of thiophene rings is 1. The molecule has 104 valence electrons. The first-order chi connectivity index (χ1) is 8.98. The lowest BCUT2D eigenvalue weighted by Gasteiger charge is -2.19. The van der Waals surface area contributed by atoms with Crippen molar-refractivity contribution in [3.05, 3.63) is 17.3 Å². The van der Waals surface area contributed by atoms with Crippen LogP contribution in [0.4, 0.5) is 0 Å². The Bertz CT molecular complexity index is 528. The molecule has 2 aromatic heterocycles. The number of hydrogen-bond acceptors (Lipinski definition) is 6. The van der Waals surface area contributed by atoms with Gasteiger partial charge >= 0.3 is 0 Å². The van der Waals surface area contributed by atoms with E-state index in [1.165, 1.54) is 11.3 Å². The number of methoxy groups -OCH3 is 1. The van der Waals surface area contributed by atoms with E-state index in [9.17, 15) is 0 Å². The van der Waals surface area contributed by atoms with Gasteiger partial charge in [0.05, 0.1) is 12.0 Å². The maximum atomic E-state index is 5.63. The molecule has 0 unspecified atom stereocenters. The molecule has 2 rings (SSSR count). The van der Waals surface area contributed by atoms with Crippen molar-refractivity contribution in [2.75, 3.05) is 13.7 Å². The molecular weight excluding hydrogens is 262 g/mol. The third-order valence-corrected chi connectivity index (χ3v) is 3.38. The van der Waals surface area contributed by atoms with Crippen LogP contribution in [0.5, 0.6) is 5.75 Å². The predicted octanol–water partition coefficient (Wildman–Crippen LogP) is 2.74. The Labute approximate surface area is 117 Å². The molecule has 19 heavy (non-hydrogen) atoms. The number of aromatic nitrogens is 2. The Hall–Kier alpha value is -1.40. The van der Waals surface area contributed by atoms with Gasteiger partial charge in [-0.2, -0.15) is 0 Å². The quantitative estimate of drug-likeness (QED) is 0.913. The van der Waals surface area contributed by atoms with Crippen molar-refractivity contribution in [1.82, 2.24) is 15.5 Å². The van der Waals surface area contributed by atoms with Crippen LogP contribution >= 0.6 is 11.3 Å². The Morgan fingerprint density at radius 3 is 2.79 bits per heavy atom. The van der Waals surface area contributed by atoms with Crippen LogP contribution in [0, 0.1) is 0 Å². The number of ether oxygens (including phenoxy) is 1. The minimum atomic E-state index is 0.101. The highest BCUT2D eigenvalue weighted by atomic mass is 32.1. The Balaban J connectivity index is 1.95. The van der Waals surface area contributed by atoms with Crippen molar-refractivity contribution in [2.45, 2.75) is 32.7 Å². The predicted molar refractivity (Wildman–Crippen MR) is 75.6 cm³/mol. The molecule has 5 nitrogen and oxygen atoms in total. The smallest absolute Gasteiger partial charge is 0.257 e. The average molecular weight is 281 g/mol. The maximum Gasteiger partial charge on any atom is 0.257 e. The first kappa shape index (κ1) is 14.0. The van der Waals surface area contributed by atoms with Gasteiger partial charge in [-0.25, -0.2) is 0 Å². The highest BCUT2D eigenvalue weighted by molar-refractivity contribution is 7.13. The maximum absolute atomic E-state index is 5.63. The Kier molecular flexibility index (Phi) is 4.21. The third-order valence-electron chi connectivity index (χ3n) is 2.48. The molecular formula is C13H19N3O2S. The number of rotatable bonds is 5. The van der Waals surface area contributed by atoms with Crippen LogP contribution in [-0.2, 0) is 6.42 Å². The SMILES string of the molecule is COc1csc(-c2nnc(CCNC(C)(C)C)o2)c1. The van der Waals surface area contributed by atoms with Crippen LogP contribution in [0.3, 0.4) is 0 Å². The number of nitrogens with one attached hydrogen (secondary N) is 1. The lowest BCUT2D eigenvalue weighted by molar-refractivity contribution is 0.411. The molecule has 2 aromatic rings. The highest BCUT2D eigenvalue weighted by Crippen LogP contribution is 2.29. The topological polar surface area (TPSA) is 60.2 Å². The number of nitrogens with zero attached hydrogens (tertiary/aromatic N) is 2. The van der Waals surface area contributed by atoms with E-state index in [0.29, 0.717) is 11.8 Å². The zero-order valence-electron chi connectivity index (χ0n) is 11.7. The van der Waals surface area contributed by atoms with Gasteiger partial charge in [0.15, 0.2) is 0 Å².